The van der Waals surface area contributed by atoms with E-state index in [1.165, 1.54) is 12.8 Å². The second-order valence-electron chi connectivity index (χ2n) is 5.33. The molecule has 1 heterocycles. The summed E-state index contributed by atoms with van der Waals surface area (Å²) in [6.07, 6.45) is 6.92. The Hall–Kier alpha value is -1.29. The van der Waals surface area contributed by atoms with E-state index in [0.29, 0.717) is 11.9 Å². The summed E-state index contributed by atoms with van der Waals surface area (Å²) < 4.78 is 11.3. The highest BCUT2D eigenvalue weighted by Crippen LogP contribution is 2.28. The number of methoxy groups -OCH3 is 1. The number of hydrogen-bond donors (Lipinski definition) is 1. The molecule has 1 aliphatic carbocycles. The van der Waals surface area contributed by atoms with Crippen molar-refractivity contribution >= 4 is 5.69 Å². The summed E-state index contributed by atoms with van der Waals surface area (Å²) in [6.45, 7) is 4.02. The van der Waals surface area contributed by atoms with Crippen LogP contribution in [-0.4, -0.2) is 30.3 Å². The van der Waals surface area contributed by atoms with Crippen molar-refractivity contribution in [1.82, 2.24) is 4.98 Å². The summed E-state index contributed by atoms with van der Waals surface area (Å²) in [4.78, 5) is 4.31. The first-order valence-corrected chi connectivity index (χ1v) is 7.11. The molecule has 19 heavy (non-hydrogen) atoms. The van der Waals surface area contributed by atoms with Crippen molar-refractivity contribution in [3.8, 4) is 5.88 Å². The molecule has 2 atom stereocenters. The highest BCUT2D eigenvalue weighted by Gasteiger charge is 2.25. The zero-order valence-corrected chi connectivity index (χ0v) is 12.1. The Labute approximate surface area is 115 Å². The van der Waals surface area contributed by atoms with E-state index >= 15 is 0 Å². The Balaban J connectivity index is 2.08. The molecule has 1 fully saturated rings. The zero-order valence-electron chi connectivity index (χ0n) is 12.1. The maximum absolute atomic E-state index is 5.74. The van der Waals surface area contributed by atoms with E-state index in [0.717, 1.165) is 18.5 Å². The fraction of sp³-hybridized carbons (Fsp3) is 0.667. The predicted molar refractivity (Wildman–Crippen MR) is 76.7 cm³/mol. The first-order chi connectivity index (χ1) is 9.20. The van der Waals surface area contributed by atoms with Crippen LogP contribution in [0.25, 0.3) is 0 Å². The van der Waals surface area contributed by atoms with Gasteiger partial charge in [0.15, 0.2) is 0 Å². The van der Waals surface area contributed by atoms with Gasteiger partial charge in [-0.1, -0.05) is 12.8 Å². The predicted octanol–water partition coefficient (Wildman–Crippen LogP) is 3.24. The van der Waals surface area contributed by atoms with Crippen LogP contribution in [0.15, 0.2) is 18.3 Å². The molecule has 1 aromatic rings. The molecule has 4 heteroatoms. The average Bonchev–Trinajstić information content (AvgIpc) is 2.41. The number of anilines is 1. The van der Waals surface area contributed by atoms with Crippen molar-refractivity contribution in [3.63, 3.8) is 0 Å². The summed E-state index contributed by atoms with van der Waals surface area (Å²) in [5.41, 5.74) is 0.963. The van der Waals surface area contributed by atoms with Crippen LogP contribution in [0, 0.1) is 0 Å². The third-order valence-corrected chi connectivity index (χ3v) is 3.46. The fourth-order valence-corrected chi connectivity index (χ4v) is 2.56. The van der Waals surface area contributed by atoms with E-state index in [-0.39, 0.29) is 12.2 Å². The smallest absolute Gasteiger partial charge is 0.237 e. The molecule has 0 spiro atoms. The SMILES string of the molecule is COC1CCCCC1Nc1cccnc1OC(C)C. The van der Waals surface area contributed by atoms with Gasteiger partial charge in [-0.3, -0.25) is 0 Å². The summed E-state index contributed by atoms with van der Waals surface area (Å²) in [7, 11) is 1.79. The van der Waals surface area contributed by atoms with Gasteiger partial charge in [-0.25, -0.2) is 4.98 Å². The second kappa shape index (κ2) is 6.75. The van der Waals surface area contributed by atoms with Crippen molar-refractivity contribution in [2.45, 2.75) is 57.8 Å². The van der Waals surface area contributed by atoms with Crippen LogP contribution in [0.3, 0.4) is 0 Å². The molecule has 0 radical (unpaired) electrons. The number of nitrogens with zero attached hydrogens (tertiary/aromatic N) is 1. The lowest BCUT2D eigenvalue weighted by Gasteiger charge is -2.32. The molecule has 0 aromatic carbocycles. The Bertz CT molecular complexity index is 395. The van der Waals surface area contributed by atoms with E-state index in [1.807, 2.05) is 26.0 Å². The zero-order chi connectivity index (χ0) is 13.7. The maximum atomic E-state index is 5.74. The average molecular weight is 264 g/mol. The maximum Gasteiger partial charge on any atom is 0.237 e. The Morgan fingerprint density at radius 2 is 2.11 bits per heavy atom. The monoisotopic (exact) mass is 264 g/mol. The van der Waals surface area contributed by atoms with Gasteiger partial charge in [0.2, 0.25) is 5.88 Å². The van der Waals surface area contributed by atoms with Gasteiger partial charge in [0, 0.05) is 13.3 Å². The van der Waals surface area contributed by atoms with Gasteiger partial charge in [0.05, 0.1) is 23.9 Å². The third kappa shape index (κ3) is 3.83. The number of aromatic nitrogens is 1. The van der Waals surface area contributed by atoms with Crippen LogP contribution >= 0.6 is 0 Å². The molecule has 1 saturated carbocycles. The number of ether oxygens (including phenoxy) is 2. The highest BCUT2D eigenvalue weighted by molar-refractivity contribution is 5.53. The first kappa shape index (κ1) is 14.1. The lowest BCUT2D eigenvalue weighted by molar-refractivity contribution is 0.0605. The molecular weight excluding hydrogens is 240 g/mol. The Morgan fingerprint density at radius 3 is 2.84 bits per heavy atom. The highest BCUT2D eigenvalue weighted by atomic mass is 16.5. The van der Waals surface area contributed by atoms with Crippen LogP contribution in [0.1, 0.15) is 39.5 Å². The van der Waals surface area contributed by atoms with E-state index in [9.17, 15) is 0 Å². The molecule has 1 aliphatic rings. The molecule has 4 nitrogen and oxygen atoms in total. The minimum atomic E-state index is 0.125. The lowest BCUT2D eigenvalue weighted by Crippen LogP contribution is -2.37. The number of rotatable bonds is 5. The molecule has 106 valence electrons. The van der Waals surface area contributed by atoms with Crippen LogP contribution in [0.2, 0.25) is 0 Å². The minimum Gasteiger partial charge on any atom is -0.473 e. The third-order valence-electron chi connectivity index (χ3n) is 3.46. The summed E-state index contributed by atoms with van der Waals surface area (Å²) >= 11 is 0. The molecule has 0 bridgehead atoms. The van der Waals surface area contributed by atoms with E-state index in [2.05, 4.69) is 10.3 Å². The van der Waals surface area contributed by atoms with Crippen LogP contribution in [-0.2, 0) is 4.74 Å². The van der Waals surface area contributed by atoms with Crippen LogP contribution in [0.5, 0.6) is 5.88 Å². The Morgan fingerprint density at radius 1 is 1.32 bits per heavy atom. The van der Waals surface area contributed by atoms with Gasteiger partial charge in [-0.05, 0) is 38.8 Å². The van der Waals surface area contributed by atoms with Gasteiger partial charge in [0.25, 0.3) is 0 Å². The topological polar surface area (TPSA) is 43.4 Å². The summed E-state index contributed by atoms with van der Waals surface area (Å²) in [5, 5.41) is 3.54. The van der Waals surface area contributed by atoms with Crippen molar-refractivity contribution in [2.75, 3.05) is 12.4 Å². The molecule has 2 unspecified atom stereocenters. The van der Waals surface area contributed by atoms with Gasteiger partial charge in [-0.2, -0.15) is 0 Å². The molecule has 0 saturated heterocycles. The molecular formula is C15H24N2O2. The normalized spacial score (nSPS) is 23.4. The van der Waals surface area contributed by atoms with Gasteiger partial charge in [0.1, 0.15) is 0 Å². The minimum absolute atomic E-state index is 0.125. The number of pyridine rings is 1. The van der Waals surface area contributed by atoms with Crippen molar-refractivity contribution < 1.29 is 9.47 Å². The largest absolute Gasteiger partial charge is 0.473 e. The van der Waals surface area contributed by atoms with E-state index in [4.69, 9.17) is 9.47 Å². The van der Waals surface area contributed by atoms with Crippen molar-refractivity contribution in [3.05, 3.63) is 18.3 Å². The molecule has 2 rings (SSSR count). The van der Waals surface area contributed by atoms with Crippen LogP contribution in [0.4, 0.5) is 5.69 Å². The van der Waals surface area contributed by atoms with E-state index < -0.39 is 0 Å². The quantitative estimate of drug-likeness (QED) is 0.886. The molecule has 0 aliphatic heterocycles. The second-order valence-corrected chi connectivity index (χ2v) is 5.33. The summed E-state index contributed by atoms with van der Waals surface area (Å²) in [6, 6.07) is 4.30. The molecule has 1 N–H and O–H groups in total. The lowest BCUT2D eigenvalue weighted by atomic mass is 9.92. The first-order valence-electron chi connectivity index (χ1n) is 7.11. The molecule has 1 aromatic heterocycles. The van der Waals surface area contributed by atoms with Crippen LogP contribution < -0.4 is 10.1 Å². The number of hydrogen-bond acceptors (Lipinski definition) is 4. The van der Waals surface area contributed by atoms with Crippen molar-refractivity contribution in [2.24, 2.45) is 0 Å². The molecule has 0 amide bonds. The number of nitrogens with one attached hydrogen (secondary N) is 1. The van der Waals surface area contributed by atoms with Gasteiger partial charge >= 0.3 is 0 Å². The fourth-order valence-electron chi connectivity index (χ4n) is 2.56. The Kier molecular flexibility index (Phi) is 5.02. The van der Waals surface area contributed by atoms with Gasteiger partial charge < -0.3 is 14.8 Å². The summed E-state index contributed by atoms with van der Waals surface area (Å²) in [5.74, 6) is 0.679. The van der Waals surface area contributed by atoms with Gasteiger partial charge in [-0.15, -0.1) is 0 Å². The standard InChI is InChI=1S/C15H24N2O2/c1-11(2)19-15-13(8-6-10-16-15)17-12-7-4-5-9-14(12)18-3/h6,8,10-12,14,17H,4-5,7,9H2,1-3H3. The van der Waals surface area contributed by atoms with Crippen molar-refractivity contribution in [1.29, 1.82) is 0 Å². The van der Waals surface area contributed by atoms with E-state index in [1.54, 1.807) is 13.3 Å².